The molecule has 2 atom stereocenters. The lowest BCUT2D eigenvalue weighted by Crippen LogP contribution is -2.34. The second-order valence-corrected chi connectivity index (χ2v) is 12.2. The Morgan fingerprint density at radius 2 is 0.886 bits per heavy atom. The zero-order chi connectivity index (χ0) is 32.9. The monoisotopic (exact) mass is 602 g/mol. The third kappa shape index (κ3) is 5.34. The van der Waals surface area contributed by atoms with Crippen molar-refractivity contribution in [3.63, 3.8) is 0 Å². The minimum Gasteiger partial charge on any atom is -0.469 e. The zero-order valence-corrected chi connectivity index (χ0v) is 25.0. The number of benzene rings is 2. The van der Waals surface area contributed by atoms with Gasteiger partial charge in [-0.2, -0.15) is 0 Å². The molecule has 2 aliphatic carbocycles. The first-order valence-electron chi connectivity index (χ1n) is 13.7. The molecule has 4 rings (SSSR count). The van der Waals surface area contributed by atoms with Crippen molar-refractivity contribution >= 4 is 52.4 Å². The number of esters is 2. The lowest BCUT2D eigenvalue weighted by atomic mass is 9.82. The van der Waals surface area contributed by atoms with E-state index in [4.69, 9.17) is 9.47 Å². The number of ether oxygens (including phenoxy) is 2. The van der Waals surface area contributed by atoms with Gasteiger partial charge in [-0.05, 0) is 52.0 Å². The van der Waals surface area contributed by atoms with Gasteiger partial charge in [0.1, 0.15) is 11.8 Å². The Morgan fingerprint density at radius 3 is 1.20 bits per heavy atom. The molecule has 228 valence electrons. The van der Waals surface area contributed by atoms with Gasteiger partial charge < -0.3 is 9.47 Å². The first-order valence-corrected chi connectivity index (χ1v) is 13.7. The van der Waals surface area contributed by atoms with Crippen molar-refractivity contribution in [1.82, 2.24) is 0 Å². The molecule has 0 bridgehead atoms. The molecule has 0 saturated heterocycles. The van der Waals surface area contributed by atoms with Gasteiger partial charge in [-0.15, -0.1) is 0 Å². The summed E-state index contributed by atoms with van der Waals surface area (Å²) in [6.45, 7) is 5.84. The number of carbonyl (C=O) groups excluding carboxylic acids is 9. The molecule has 0 amide bonds. The highest BCUT2D eigenvalue weighted by atomic mass is 16.5. The van der Waals surface area contributed by atoms with Crippen LogP contribution < -0.4 is 0 Å². The third-order valence-corrected chi connectivity index (χ3v) is 8.03. The molecule has 2 aromatic carbocycles. The molecule has 11 nitrogen and oxygen atoms in total. The van der Waals surface area contributed by atoms with Gasteiger partial charge in [-0.1, -0.05) is 12.1 Å². The average molecular weight is 603 g/mol. The molecule has 11 heteroatoms. The molecular formula is C33H30O11. The minimum absolute atomic E-state index is 0.0166. The maximum atomic E-state index is 13.4. The first kappa shape index (κ1) is 32.0. The summed E-state index contributed by atoms with van der Waals surface area (Å²) in [7, 11) is 2.32. The van der Waals surface area contributed by atoms with Gasteiger partial charge in [0.2, 0.25) is 0 Å². The number of fused-ring (bicyclic) bond motifs is 2. The van der Waals surface area contributed by atoms with Gasteiger partial charge >= 0.3 is 11.9 Å². The van der Waals surface area contributed by atoms with E-state index in [0.717, 1.165) is 14.2 Å². The van der Waals surface area contributed by atoms with Crippen LogP contribution in [-0.2, 0) is 28.7 Å². The maximum Gasteiger partial charge on any atom is 0.311 e. The summed E-state index contributed by atoms with van der Waals surface area (Å²) in [5, 5.41) is 0. The molecule has 0 N–H and O–H groups in total. The standard InChI is InChI=1S/C33H30O11/c1-32(2,30(41)43-5)13-21(34)23-26(37)17-9-7-15(11-19(17)28(23)39)25(36)16-8-10-18-20(12-16)29(40)24(27(18)38)22(35)14-33(3,4)31(42)44-6/h7-12,23-24H,13-14H2,1-6H3. The van der Waals surface area contributed by atoms with Gasteiger partial charge in [0.15, 0.2) is 40.5 Å². The van der Waals surface area contributed by atoms with Crippen LogP contribution in [0, 0.1) is 22.7 Å². The Labute approximate surface area is 252 Å². The van der Waals surface area contributed by atoms with Crippen LogP contribution in [0.3, 0.4) is 0 Å². The summed E-state index contributed by atoms with van der Waals surface area (Å²) in [5.74, 6) is -9.85. The Balaban J connectivity index is 1.58. The summed E-state index contributed by atoms with van der Waals surface area (Å²) in [6.07, 6.45) is -0.819. The molecule has 0 aromatic heterocycles. The van der Waals surface area contributed by atoms with Gasteiger partial charge in [-0.3, -0.25) is 43.2 Å². The van der Waals surface area contributed by atoms with Crippen LogP contribution in [0.2, 0.25) is 0 Å². The highest BCUT2D eigenvalue weighted by Gasteiger charge is 2.47. The molecule has 0 heterocycles. The smallest absolute Gasteiger partial charge is 0.311 e. The lowest BCUT2D eigenvalue weighted by Gasteiger charge is -2.21. The van der Waals surface area contributed by atoms with E-state index in [1.807, 2.05) is 0 Å². The van der Waals surface area contributed by atoms with Crippen LogP contribution in [0.4, 0.5) is 0 Å². The van der Waals surface area contributed by atoms with Crippen LogP contribution in [0.25, 0.3) is 0 Å². The average Bonchev–Trinajstić information content (AvgIpc) is 3.38. The Bertz CT molecular complexity index is 1580. The Hall–Kier alpha value is -4.93. The van der Waals surface area contributed by atoms with E-state index in [9.17, 15) is 43.2 Å². The van der Waals surface area contributed by atoms with E-state index >= 15 is 0 Å². The van der Waals surface area contributed by atoms with E-state index in [1.54, 1.807) is 0 Å². The molecule has 0 radical (unpaired) electrons. The number of hydrogen-bond donors (Lipinski definition) is 0. The van der Waals surface area contributed by atoms with E-state index in [-0.39, 0.29) is 33.4 Å². The molecule has 0 saturated carbocycles. The van der Waals surface area contributed by atoms with Gasteiger partial charge in [-0.25, -0.2) is 0 Å². The molecule has 2 aliphatic rings. The van der Waals surface area contributed by atoms with Crippen molar-refractivity contribution in [1.29, 1.82) is 0 Å². The van der Waals surface area contributed by atoms with E-state index < -0.39 is 87.9 Å². The number of ketones is 7. The fraction of sp³-hybridized carbons (Fsp3) is 0.364. The van der Waals surface area contributed by atoms with Gasteiger partial charge in [0, 0.05) is 46.2 Å². The molecule has 2 aromatic rings. The van der Waals surface area contributed by atoms with Gasteiger partial charge in [0.05, 0.1) is 25.0 Å². The van der Waals surface area contributed by atoms with Crippen molar-refractivity contribution in [2.24, 2.45) is 22.7 Å². The van der Waals surface area contributed by atoms with Gasteiger partial charge in [0.25, 0.3) is 0 Å². The molecule has 2 unspecified atom stereocenters. The third-order valence-electron chi connectivity index (χ3n) is 8.03. The molecule has 44 heavy (non-hydrogen) atoms. The number of Topliss-reactive ketones (excluding diaryl/α,β-unsaturated/α-hetero) is 6. The van der Waals surface area contributed by atoms with Crippen molar-refractivity contribution in [3.05, 3.63) is 69.8 Å². The second-order valence-electron chi connectivity index (χ2n) is 12.2. The lowest BCUT2D eigenvalue weighted by molar-refractivity contribution is -0.153. The molecular weight excluding hydrogens is 572 g/mol. The quantitative estimate of drug-likeness (QED) is 0.222. The van der Waals surface area contributed by atoms with Crippen LogP contribution in [0.1, 0.15) is 97.9 Å². The first-order chi connectivity index (χ1) is 20.5. The van der Waals surface area contributed by atoms with Crippen LogP contribution in [-0.4, -0.2) is 66.6 Å². The molecule has 0 spiro atoms. The SMILES string of the molecule is COC(=O)C(C)(C)CC(=O)C1C(=O)c2ccc(C(=O)c3ccc4c(c3)C(=O)C(C(=O)CC(C)(C)C(=O)OC)C4=O)cc2C1=O. The number of methoxy groups -OCH3 is 2. The molecule has 0 fully saturated rings. The summed E-state index contributed by atoms with van der Waals surface area (Å²) in [4.78, 5) is 116. The normalized spacial score (nSPS) is 17.7. The summed E-state index contributed by atoms with van der Waals surface area (Å²) in [5.41, 5.74) is -2.89. The summed E-state index contributed by atoms with van der Waals surface area (Å²) < 4.78 is 9.39. The van der Waals surface area contributed by atoms with E-state index in [2.05, 4.69) is 0 Å². The van der Waals surface area contributed by atoms with E-state index in [1.165, 1.54) is 64.1 Å². The molecule has 0 aliphatic heterocycles. The second kappa shape index (κ2) is 11.3. The van der Waals surface area contributed by atoms with Crippen LogP contribution in [0.15, 0.2) is 36.4 Å². The van der Waals surface area contributed by atoms with Crippen molar-refractivity contribution in [2.45, 2.75) is 40.5 Å². The predicted octanol–water partition coefficient (Wildman–Crippen LogP) is 3.22. The zero-order valence-electron chi connectivity index (χ0n) is 25.0. The Kier molecular flexibility index (Phi) is 8.21. The fourth-order valence-electron chi connectivity index (χ4n) is 5.59. The predicted molar refractivity (Wildman–Crippen MR) is 151 cm³/mol. The highest BCUT2D eigenvalue weighted by molar-refractivity contribution is 6.37. The maximum absolute atomic E-state index is 13.4. The topological polar surface area (TPSA) is 172 Å². The van der Waals surface area contributed by atoms with Crippen LogP contribution >= 0.6 is 0 Å². The number of rotatable bonds is 10. The van der Waals surface area contributed by atoms with Crippen molar-refractivity contribution in [3.8, 4) is 0 Å². The minimum atomic E-state index is -1.65. The number of hydrogen-bond acceptors (Lipinski definition) is 11. The largest absolute Gasteiger partial charge is 0.469 e. The van der Waals surface area contributed by atoms with E-state index in [0.29, 0.717) is 0 Å². The van der Waals surface area contributed by atoms with Crippen molar-refractivity contribution in [2.75, 3.05) is 14.2 Å². The Morgan fingerprint density at radius 1 is 0.568 bits per heavy atom. The number of carbonyl (C=O) groups is 9. The van der Waals surface area contributed by atoms with Crippen LogP contribution in [0.5, 0.6) is 0 Å². The highest BCUT2D eigenvalue weighted by Crippen LogP contribution is 2.35. The van der Waals surface area contributed by atoms with Crippen molar-refractivity contribution < 1.29 is 52.6 Å². The summed E-state index contributed by atoms with van der Waals surface area (Å²) in [6, 6.07) is 7.52. The fourth-order valence-corrected chi connectivity index (χ4v) is 5.59. The summed E-state index contributed by atoms with van der Waals surface area (Å²) >= 11 is 0.